The van der Waals surface area contributed by atoms with Gasteiger partial charge in [-0.15, -0.1) is 0 Å². The third-order valence-electron chi connectivity index (χ3n) is 9.68. The molecule has 0 N–H and O–H groups in total. The molecular formula is C44H57N3O3. The number of ether oxygens (including phenoxy) is 1. The van der Waals surface area contributed by atoms with Crippen LogP contribution in [0.5, 0.6) is 0 Å². The standard InChI is InChI=1S/C22H28N2O.C22H29NO2/c1-2-22(25)24(20-11-7-4-8-12-20)21-14-17-23(18-15-21)16-13-19-9-5-3-6-10-19;1-5-21(24)25-22(18(2)17-23(3)4,20-14-10-7-11-15-20)16-19-12-8-6-9-13-19/h3-12,21H,2,13-18H2,1H3;6-15,18H,5,16-17H2,1-4H3/t;18-,22+/m.1/s1. The van der Waals surface area contributed by atoms with Gasteiger partial charge in [-0.25, -0.2) is 0 Å². The Kier molecular flexibility index (Phi) is 15.3. The van der Waals surface area contributed by atoms with Crippen molar-refractivity contribution in [2.45, 2.75) is 70.9 Å². The fourth-order valence-corrected chi connectivity index (χ4v) is 7.00. The van der Waals surface area contributed by atoms with E-state index in [1.807, 2.05) is 73.3 Å². The van der Waals surface area contributed by atoms with E-state index in [2.05, 4.69) is 97.5 Å². The van der Waals surface area contributed by atoms with Crippen molar-refractivity contribution in [3.8, 4) is 0 Å². The summed E-state index contributed by atoms with van der Waals surface area (Å²) in [6, 6.07) is 41.6. The quantitative estimate of drug-likeness (QED) is 0.126. The van der Waals surface area contributed by atoms with Crippen molar-refractivity contribution in [2.75, 3.05) is 45.2 Å². The third kappa shape index (κ3) is 11.1. The van der Waals surface area contributed by atoms with Gasteiger partial charge in [0, 0.05) is 63.1 Å². The number of carbonyl (C=O) groups is 2. The molecule has 1 saturated heterocycles. The van der Waals surface area contributed by atoms with Gasteiger partial charge in [-0.1, -0.05) is 130 Å². The number of esters is 1. The van der Waals surface area contributed by atoms with Crippen LogP contribution in [0.15, 0.2) is 121 Å². The van der Waals surface area contributed by atoms with Crippen molar-refractivity contribution in [1.82, 2.24) is 9.80 Å². The number of likely N-dealkylation sites (tertiary alicyclic amines) is 1. The average Bonchev–Trinajstić information content (AvgIpc) is 3.15. The number of anilines is 1. The number of para-hydroxylation sites is 1. The van der Waals surface area contributed by atoms with E-state index < -0.39 is 5.60 Å². The molecule has 1 amide bonds. The van der Waals surface area contributed by atoms with Gasteiger partial charge in [-0.05, 0) is 62.2 Å². The Hall–Kier alpha value is -4.26. The molecule has 4 aromatic carbocycles. The van der Waals surface area contributed by atoms with Gasteiger partial charge < -0.3 is 19.4 Å². The van der Waals surface area contributed by atoms with Crippen LogP contribution in [0.1, 0.15) is 63.1 Å². The number of hydrogen-bond donors (Lipinski definition) is 0. The average molecular weight is 676 g/mol. The highest BCUT2D eigenvalue weighted by Crippen LogP contribution is 2.38. The van der Waals surface area contributed by atoms with Gasteiger partial charge in [0.25, 0.3) is 0 Å². The summed E-state index contributed by atoms with van der Waals surface area (Å²) in [5, 5.41) is 0. The molecule has 2 atom stereocenters. The molecule has 4 aromatic rings. The van der Waals surface area contributed by atoms with Crippen LogP contribution in [-0.2, 0) is 32.8 Å². The molecule has 0 aromatic heterocycles. The fraction of sp³-hybridized carbons (Fsp3) is 0.409. The monoisotopic (exact) mass is 675 g/mol. The van der Waals surface area contributed by atoms with Crippen LogP contribution in [0.2, 0.25) is 0 Å². The molecule has 5 rings (SSSR count). The first-order chi connectivity index (χ1) is 24.3. The van der Waals surface area contributed by atoms with Crippen molar-refractivity contribution in [3.63, 3.8) is 0 Å². The maximum atomic E-state index is 12.5. The van der Waals surface area contributed by atoms with E-state index in [4.69, 9.17) is 4.74 Å². The van der Waals surface area contributed by atoms with Crippen molar-refractivity contribution >= 4 is 17.6 Å². The Labute approximate surface area is 301 Å². The Morgan fingerprint density at radius 2 is 1.28 bits per heavy atom. The first kappa shape index (κ1) is 38.5. The second-order valence-corrected chi connectivity index (χ2v) is 13.7. The molecule has 1 fully saturated rings. The minimum absolute atomic E-state index is 0.139. The molecule has 0 spiro atoms. The van der Waals surface area contributed by atoms with Gasteiger partial charge in [0.1, 0.15) is 5.60 Å². The van der Waals surface area contributed by atoms with Gasteiger partial charge >= 0.3 is 5.97 Å². The van der Waals surface area contributed by atoms with Gasteiger partial charge in [-0.2, -0.15) is 0 Å². The summed E-state index contributed by atoms with van der Waals surface area (Å²) in [5.74, 6) is 0.208. The zero-order valence-corrected chi connectivity index (χ0v) is 30.8. The molecule has 1 aliphatic heterocycles. The fourth-order valence-electron chi connectivity index (χ4n) is 7.00. The highest BCUT2D eigenvalue weighted by molar-refractivity contribution is 5.93. The van der Waals surface area contributed by atoms with E-state index in [1.54, 1.807) is 0 Å². The third-order valence-corrected chi connectivity index (χ3v) is 9.68. The molecular weight excluding hydrogens is 619 g/mol. The highest BCUT2D eigenvalue weighted by atomic mass is 16.6. The van der Waals surface area contributed by atoms with Crippen molar-refractivity contribution in [3.05, 3.63) is 138 Å². The number of benzene rings is 4. The van der Waals surface area contributed by atoms with Crippen molar-refractivity contribution in [1.29, 1.82) is 0 Å². The van der Waals surface area contributed by atoms with Crippen LogP contribution in [0.3, 0.4) is 0 Å². The summed E-state index contributed by atoms with van der Waals surface area (Å²) in [7, 11) is 4.10. The number of rotatable bonds is 14. The van der Waals surface area contributed by atoms with E-state index in [0.29, 0.717) is 25.3 Å². The second-order valence-electron chi connectivity index (χ2n) is 13.7. The Morgan fingerprint density at radius 1 is 0.760 bits per heavy atom. The van der Waals surface area contributed by atoms with Crippen LogP contribution >= 0.6 is 0 Å². The predicted molar refractivity (Wildman–Crippen MR) is 206 cm³/mol. The lowest BCUT2D eigenvalue weighted by atomic mass is 9.77. The summed E-state index contributed by atoms with van der Waals surface area (Å²) < 4.78 is 6.17. The number of hydrogen-bond acceptors (Lipinski definition) is 5. The molecule has 0 unspecified atom stereocenters. The predicted octanol–water partition coefficient (Wildman–Crippen LogP) is 8.41. The van der Waals surface area contributed by atoms with Crippen molar-refractivity contribution < 1.29 is 14.3 Å². The molecule has 266 valence electrons. The lowest BCUT2D eigenvalue weighted by molar-refractivity contribution is -0.168. The summed E-state index contributed by atoms with van der Waals surface area (Å²) in [4.78, 5) is 31.6. The zero-order chi connectivity index (χ0) is 35.8. The number of nitrogens with zero attached hydrogens (tertiary/aromatic N) is 3. The lowest BCUT2D eigenvalue weighted by Gasteiger charge is -2.40. The first-order valence-corrected chi connectivity index (χ1v) is 18.3. The Bertz CT molecular complexity index is 1540. The Balaban J connectivity index is 0.000000225. The molecule has 6 heteroatoms. The zero-order valence-electron chi connectivity index (χ0n) is 30.8. The lowest BCUT2D eigenvalue weighted by Crippen LogP contribution is -2.47. The maximum absolute atomic E-state index is 12.5. The van der Waals surface area contributed by atoms with Crippen LogP contribution < -0.4 is 4.90 Å². The SMILES string of the molecule is CCC(=O)N(c1ccccc1)C1CCN(CCc2ccccc2)CC1.CCC(=O)O[C@](Cc1ccccc1)(c1ccccc1)[C@H](C)CN(C)C. The molecule has 1 aliphatic rings. The number of carbonyl (C=O) groups excluding carboxylic acids is 2. The smallest absolute Gasteiger partial charge is 0.306 e. The van der Waals surface area contributed by atoms with E-state index in [0.717, 1.165) is 56.7 Å². The first-order valence-electron chi connectivity index (χ1n) is 18.3. The Morgan fingerprint density at radius 3 is 1.80 bits per heavy atom. The molecule has 6 nitrogen and oxygen atoms in total. The van der Waals surface area contributed by atoms with Gasteiger partial charge in [-0.3, -0.25) is 9.59 Å². The molecule has 50 heavy (non-hydrogen) atoms. The summed E-state index contributed by atoms with van der Waals surface area (Å²) in [6.45, 7) is 10.0. The van der Waals surface area contributed by atoms with Gasteiger partial charge in [0.05, 0.1) is 0 Å². The molecule has 0 saturated carbocycles. The molecule has 0 aliphatic carbocycles. The normalized spacial score (nSPS) is 15.3. The molecule has 0 bridgehead atoms. The van der Waals surface area contributed by atoms with E-state index in [-0.39, 0.29) is 17.8 Å². The minimum atomic E-state index is -0.681. The van der Waals surface area contributed by atoms with Crippen LogP contribution in [0.25, 0.3) is 0 Å². The summed E-state index contributed by atoms with van der Waals surface area (Å²) in [5.41, 5.74) is 3.98. The number of piperidine rings is 1. The maximum Gasteiger partial charge on any atom is 0.306 e. The van der Waals surface area contributed by atoms with Crippen LogP contribution in [-0.4, -0.2) is 68.0 Å². The minimum Gasteiger partial charge on any atom is -0.453 e. The van der Waals surface area contributed by atoms with E-state index >= 15 is 0 Å². The molecule has 1 heterocycles. The van der Waals surface area contributed by atoms with Gasteiger partial charge in [0.2, 0.25) is 5.91 Å². The highest BCUT2D eigenvalue weighted by Gasteiger charge is 2.42. The number of amides is 1. The van der Waals surface area contributed by atoms with E-state index in [9.17, 15) is 9.59 Å². The summed E-state index contributed by atoms with van der Waals surface area (Å²) in [6.07, 6.45) is 4.80. The summed E-state index contributed by atoms with van der Waals surface area (Å²) >= 11 is 0. The topological polar surface area (TPSA) is 53.1 Å². The second kappa shape index (κ2) is 19.8. The van der Waals surface area contributed by atoms with E-state index in [1.165, 1.54) is 11.1 Å². The van der Waals surface area contributed by atoms with Crippen LogP contribution in [0.4, 0.5) is 5.69 Å². The largest absolute Gasteiger partial charge is 0.453 e. The van der Waals surface area contributed by atoms with Gasteiger partial charge in [0.15, 0.2) is 0 Å². The van der Waals surface area contributed by atoms with Crippen LogP contribution in [0, 0.1) is 5.92 Å². The molecule has 0 radical (unpaired) electrons. The van der Waals surface area contributed by atoms with Crippen molar-refractivity contribution in [2.24, 2.45) is 5.92 Å².